The lowest BCUT2D eigenvalue weighted by atomic mass is 10.3. The molecule has 3 aromatic rings. The van der Waals surface area contributed by atoms with E-state index in [0.717, 1.165) is 5.39 Å². The number of rotatable bonds is 5. The topological polar surface area (TPSA) is 116 Å². The highest BCUT2D eigenvalue weighted by Crippen LogP contribution is 2.28. The summed E-state index contributed by atoms with van der Waals surface area (Å²) in [6.07, 6.45) is 3.10. The van der Waals surface area contributed by atoms with E-state index >= 15 is 0 Å². The van der Waals surface area contributed by atoms with Crippen molar-refractivity contribution in [3.05, 3.63) is 46.9 Å². The third kappa shape index (κ3) is 3.58. The number of carbonyl (C=O) groups excluding carboxylic acids is 1. The molecule has 10 heteroatoms. The van der Waals surface area contributed by atoms with Crippen LogP contribution in [0.3, 0.4) is 0 Å². The molecule has 0 aliphatic heterocycles. The minimum Gasteiger partial charge on any atom is -0.325 e. The first-order valence-electron chi connectivity index (χ1n) is 7.30. The normalized spacial score (nSPS) is 12.1. The summed E-state index contributed by atoms with van der Waals surface area (Å²) >= 11 is 1.30. The zero-order valence-corrected chi connectivity index (χ0v) is 14.2. The van der Waals surface area contributed by atoms with E-state index < -0.39 is 10.2 Å². The van der Waals surface area contributed by atoms with Crippen LogP contribution in [0.25, 0.3) is 11.0 Å². The zero-order valence-electron chi connectivity index (χ0n) is 13.4. The first-order chi connectivity index (χ1) is 12.0. The van der Waals surface area contributed by atoms with E-state index in [9.17, 15) is 14.9 Å². The minimum atomic E-state index is -0.488. The molecule has 1 atom stereocenters. The quantitative estimate of drug-likeness (QED) is 0.322. The van der Waals surface area contributed by atoms with Gasteiger partial charge in [-0.1, -0.05) is 11.8 Å². The highest BCUT2D eigenvalue weighted by Gasteiger charge is 2.18. The summed E-state index contributed by atoms with van der Waals surface area (Å²) in [7, 11) is 1.79. The standard InChI is InChI=1S/C15H14N6O3S/c1-9(14(22)19-10-3-5-11(6-4-10)21(23)24)25-15-12-7-18-20(2)13(12)16-8-17-15/h3-9H,1-2H3,(H,19,22). The third-order valence-corrected chi connectivity index (χ3v) is 4.61. The summed E-state index contributed by atoms with van der Waals surface area (Å²) in [4.78, 5) is 30.9. The molecule has 0 aliphatic carbocycles. The number of aryl methyl sites for hydroxylation is 1. The molecule has 128 valence electrons. The molecular formula is C15H14N6O3S. The summed E-state index contributed by atoms with van der Waals surface area (Å²) in [5.41, 5.74) is 1.16. The van der Waals surface area contributed by atoms with E-state index in [2.05, 4.69) is 20.4 Å². The van der Waals surface area contributed by atoms with Gasteiger partial charge in [-0.25, -0.2) is 9.97 Å². The van der Waals surface area contributed by atoms with Crippen molar-refractivity contribution in [1.82, 2.24) is 19.7 Å². The van der Waals surface area contributed by atoms with Crippen LogP contribution in [0.2, 0.25) is 0 Å². The third-order valence-electron chi connectivity index (χ3n) is 3.50. The van der Waals surface area contributed by atoms with Gasteiger partial charge in [0.1, 0.15) is 11.4 Å². The number of non-ortho nitro benzene ring substituents is 1. The highest BCUT2D eigenvalue weighted by atomic mass is 32.2. The average molecular weight is 358 g/mol. The molecule has 3 rings (SSSR count). The molecule has 1 aromatic carbocycles. The second kappa shape index (κ2) is 6.85. The predicted octanol–water partition coefficient (Wildman–Crippen LogP) is 2.39. The van der Waals surface area contributed by atoms with Crippen molar-refractivity contribution < 1.29 is 9.72 Å². The molecule has 0 bridgehead atoms. The van der Waals surface area contributed by atoms with Crippen LogP contribution in [0.4, 0.5) is 11.4 Å². The molecule has 0 saturated carbocycles. The summed E-state index contributed by atoms with van der Waals surface area (Å²) < 4.78 is 1.64. The lowest BCUT2D eigenvalue weighted by molar-refractivity contribution is -0.384. The van der Waals surface area contributed by atoms with Crippen molar-refractivity contribution in [1.29, 1.82) is 0 Å². The molecule has 0 fully saturated rings. The van der Waals surface area contributed by atoms with E-state index in [1.54, 1.807) is 24.9 Å². The van der Waals surface area contributed by atoms with Gasteiger partial charge in [0.2, 0.25) is 5.91 Å². The Labute approximate surface area is 146 Å². The van der Waals surface area contributed by atoms with Crippen molar-refractivity contribution in [2.24, 2.45) is 7.05 Å². The number of nitro benzene ring substituents is 1. The number of aromatic nitrogens is 4. The van der Waals surface area contributed by atoms with Gasteiger partial charge in [0.15, 0.2) is 5.65 Å². The summed E-state index contributed by atoms with van der Waals surface area (Å²) in [5.74, 6) is -0.227. The van der Waals surface area contributed by atoms with Crippen LogP contribution in [0.5, 0.6) is 0 Å². The summed E-state index contributed by atoms with van der Waals surface area (Å²) in [6.45, 7) is 1.76. The number of hydrogen-bond donors (Lipinski definition) is 1. The molecule has 0 saturated heterocycles. The Kier molecular flexibility index (Phi) is 4.61. The predicted molar refractivity (Wildman–Crippen MR) is 93.3 cm³/mol. The lowest BCUT2D eigenvalue weighted by Crippen LogP contribution is -2.22. The van der Waals surface area contributed by atoms with Crippen LogP contribution in [-0.2, 0) is 11.8 Å². The fraction of sp³-hybridized carbons (Fsp3) is 0.200. The Bertz CT molecular complexity index is 940. The van der Waals surface area contributed by atoms with Crippen molar-refractivity contribution in [3.8, 4) is 0 Å². The number of anilines is 1. The Morgan fingerprint density at radius 3 is 2.72 bits per heavy atom. The Morgan fingerprint density at radius 2 is 2.04 bits per heavy atom. The van der Waals surface area contributed by atoms with Crippen molar-refractivity contribution in [2.75, 3.05) is 5.32 Å². The Balaban J connectivity index is 1.70. The molecule has 1 amide bonds. The van der Waals surface area contributed by atoms with Crippen LogP contribution >= 0.6 is 11.8 Å². The maximum atomic E-state index is 12.3. The van der Waals surface area contributed by atoms with Gasteiger partial charge in [-0.3, -0.25) is 19.6 Å². The number of fused-ring (bicyclic) bond motifs is 1. The number of nitrogens with one attached hydrogen (secondary N) is 1. The smallest absolute Gasteiger partial charge is 0.269 e. The molecule has 0 radical (unpaired) electrons. The summed E-state index contributed by atoms with van der Waals surface area (Å²) in [6, 6.07) is 5.68. The van der Waals surface area contributed by atoms with Crippen LogP contribution < -0.4 is 5.32 Å². The van der Waals surface area contributed by atoms with Gasteiger partial charge in [-0.15, -0.1) is 0 Å². The van der Waals surface area contributed by atoms with Gasteiger partial charge in [-0.05, 0) is 19.1 Å². The SMILES string of the molecule is CC(Sc1ncnc2c1cnn2C)C(=O)Nc1ccc([N+](=O)[O-])cc1. The van der Waals surface area contributed by atoms with Gasteiger partial charge in [0, 0.05) is 24.9 Å². The lowest BCUT2D eigenvalue weighted by Gasteiger charge is -2.11. The molecule has 0 spiro atoms. The molecule has 1 N–H and O–H groups in total. The first-order valence-corrected chi connectivity index (χ1v) is 8.18. The second-order valence-corrected chi connectivity index (χ2v) is 6.57. The van der Waals surface area contributed by atoms with Crippen LogP contribution in [0.15, 0.2) is 41.8 Å². The molecule has 1 unspecified atom stereocenters. The highest BCUT2D eigenvalue weighted by molar-refractivity contribution is 8.00. The van der Waals surface area contributed by atoms with Gasteiger partial charge in [-0.2, -0.15) is 5.10 Å². The maximum absolute atomic E-state index is 12.3. The fourth-order valence-corrected chi connectivity index (χ4v) is 3.05. The van der Waals surface area contributed by atoms with Gasteiger partial charge >= 0.3 is 0 Å². The molecule has 25 heavy (non-hydrogen) atoms. The van der Waals surface area contributed by atoms with Crippen molar-refractivity contribution >= 4 is 40.1 Å². The number of amides is 1. The number of thioether (sulfide) groups is 1. The van der Waals surface area contributed by atoms with E-state index in [1.807, 2.05) is 0 Å². The summed E-state index contributed by atoms with van der Waals surface area (Å²) in [5, 5.41) is 18.6. The van der Waals surface area contributed by atoms with Crippen LogP contribution in [0.1, 0.15) is 6.92 Å². The van der Waals surface area contributed by atoms with Crippen LogP contribution in [-0.4, -0.2) is 35.8 Å². The van der Waals surface area contributed by atoms with Crippen molar-refractivity contribution in [3.63, 3.8) is 0 Å². The number of nitro groups is 1. The molecule has 2 heterocycles. The van der Waals surface area contributed by atoms with Gasteiger partial charge < -0.3 is 5.32 Å². The number of benzene rings is 1. The van der Waals surface area contributed by atoms with E-state index in [-0.39, 0.29) is 11.6 Å². The second-order valence-electron chi connectivity index (χ2n) is 5.24. The largest absolute Gasteiger partial charge is 0.325 e. The van der Waals surface area contributed by atoms with E-state index in [4.69, 9.17) is 0 Å². The fourth-order valence-electron chi connectivity index (χ4n) is 2.17. The van der Waals surface area contributed by atoms with Gasteiger partial charge in [0.05, 0.1) is 21.8 Å². The van der Waals surface area contributed by atoms with E-state index in [1.165, 1.54) is 42.4 Å². The number of hydrogen-bond acceptors (Lipinski definition) is 7. The number of carbonyl (C=O) groups is 1. The Hall–Kier alpha value is -3.01. The van der Waals surface area contributed by atoms with Gasteiger partial charge in [0.25, 0.3) is 5.69 Å². The average Bonchev–Trinajstić information content (AvgIpc) is 2.97. The van der Waals surface area contributed by atoms with E-state index in [0.29, 0.717) is 16.4 Å². The van der Waals surface area contributed by atoms with Crippen LogP contribution in [0, 0.1) is 10.1 Å². The monoisotopic (exact) mass is 358 g/mol. The molecule has 0 aliphatic rings. The molecular weight excluding hydrogens is 344 g/mol. The zero-order chi connectivity index (χ0) is 18.0. The maximum Gasteiger partial charge on any atom is 0.269 e. The number of nitrogens with zero attached hydrogens (tertiary/aromatic N) is 5. The minimum absolute atomic E-state index is 0.0274. The molecule has 2 aromatic heterocycles. The molecule has 9 nitrogen and oxygen atoms in total. The first kappa shape index (κ1) is 16.8. The van der Waals surface area contributed by atoms with Crippen molar-refractivity contribution in [2.45, 2.75) is 17.2 Å². The Morgan fingerprint density at radius 1 is 1.32 bits per heavy atom.